The Kier molecular flexibility index (Phi) is 6.56. The first-order chi connectivity index (χ1) is 11.5. The Balaban J connectivity index is 0.00000225. The Hall–Kier alpha value is -1.48. The summed E-state index contributed by atoms with van der Waals surface area (Å²) in [6, 6.07) is 7.13. The fourth-order valence-electron chi connectivity index (χ4n) is 2.47. The molecule has 3 aromatic rings. The lowest BCUT2D eigenvalue weighted by Gasteiger charge is -2.23. The number of nitrogens with zero attached hydrogens (tertiary/aromatic N) is 2. The zero-order valence-corrected chi connectivity index (χ0v) is 17.1. The highest BCUT2D eigenvalue weighted by atomic mass is 79.9. The minimum Gasteiger partial charge on any atom is -1.00 e. The van der Waals surface area contributed by atoms with Crippen LogP contribution in [0.25, 0.3) is 0 Å². The molecule has 0 aliphatic rings. The van der Waals surface area contributed by atoms with Crippen molar-refractivity contribution in [2.75, 3.05) is 6.61 Å². The van der Waals surface area contributed by atoms with E-state index in [1.54, 1.807) is 12.1 Å². The average Bonchev–Trinajstić information content (AvgIpc) is 3.32. The zero-order chi connectivity index (χ0) is 17.2. The molecule has 0 saturated carbocycles. The van der Waals surface area contributed by atoms with Gasteiger partial charge in [0.1, 0.15) is 25.5 Å². The lowest BCUT2D eigenvalue weighted by molar-refractivity contribution is -0.677. The van der Waals surface area contributed by atoms with Gasteiger partial charge in [0.2, 0.25) is 5.60 Å². The molecule has 0 radical (unpaired) electrons. The summed E-state index contributed by atoms with van der Waals surface area (Å²) in [5, 5.41) is 14.8. The standard InChI is InChI=1S/C17H19N2O3S2.BrH/c1-13-18(2)7-8-19(13)9-10-22-16(20)17(21,14-5-3-11-23-14)15-6-4-12-24-15;/h3-8,11-12,21H,9-10H2,1-2H3;1H/q+1;/p-1. The molecule has 3 heterocycles. The number of halogens is 1. The number of hydrogen-bond acceptors (Lipinski definition) is 5. The van der Waals surface area contributed by atoms with E-state index in [1.807, 2.05) is 58.4 Å². The fraction of sp³-hybridized carbons (Fsp3) is 0.294. The second-order valence-electron chi connectivity index (χ2n) is 5.45. The maximum absolute atomic E-state index is 12.7. The topological polar surface area (TPSA) is 55.3 Å². The number of thiophene rings is 2. The molecule has 5 nitrogen and oxygen atoms in total. The van der Waals surface area contributed by atoms with Crippen LogP contribution in [0.15, 0.2) is 47.4 Å². The van der Waals surface area contributed by atoms with Crippen LogP contribution >= 0.6 is 22.7 Å². The molecule has 0 aliphatic carbocycles. The number of imidazole rings is 1. The van der Waals surface area contributed by atoms with Gasteiger partial charge in [0.15, 0.2) is 0 Å². The Morgan fingerprint density at radius 1 is 1.28 bits per heavy atom. The summed E-state index contributed by atoms with van der Waals surface area (Å²) in [7, 11) is 1.96. The third-order valence-electron chi connectivity index (χ3n) is 4.01. The van der Waals surface area contributed by atoms with Crippen molar-refractivity contribution in [3.63, 3.8) is 0 Å². The molecule has 0 bridgehead atoms. The van der Waals surface area contributed by atoms with E-state index in [9.17, 15) is 9.90 Å². The third kappa shape index (κ3) is 3.87. The maximum atomic E-state index is 12.7. The quantitative estimate of drug-likeness (QED) is 0.402. The van der Waals surface area contributed by atoms with Crippen LogP contribution in [0.4, 0.5) is 0 Å². The molecule has 0 atom stereocenters. The maximum Gasteiger partial charge on any atom is 0.349 e. The number of hydrogen-bond donors (Lipinski definition) is 1. The van der Waals surface area contributed by atoms with E-state index in [-0.39, 0.29) is 23.6 Å². The van der Waals surface area contributed by atoms with Crippen LogP contribution < -0.4 is 21.5 Å². The molecule has 0 fully saturated rings. The SMILES string of the molecule is Cc1n(CCOC(=O)C(O)(c2cccs2)c2cccs2)cc[n+]1C.[Br-]. The number of ether oxygens (including phenoxy) is 1. The van der Waals surface area contributed by atoms with Crippen molar-refractivity contribution in [3.05, 3.63) is 63.0 Å². The minimum absolute atomic E-state index is 0. The molecular weight excluding hydrogens is 424 g/mol. The van der Waals surface area contributed by atoms with E-state index in [1.165, 1.54) is 22.7 Å². The van der Waals surface area contributed by atoms with Crippen molar-refractivity contribution >= 4 is 28.6 Å². The van der Waals surface area contributed by atoms with Crippen LogP contribution in [0.2, 0.25) is 0 Å². The molecule has 0 unspecified atom stereocenters. The van der Waals surface area contributed by atoms with E-state index in [2.05, 4.69) is 0 Å². The predicted octanol–water partition coefficient (Wildman–Crippen LogP) is -0.773. The molecule has 0 aromatic carbocycles. The van der Waals surface area contributed by atoms with Crippen molar-refractivity contribution in [2.24, 2.45) is 7.05 Å². The van der Waals surface area contributed by atoms with E-state index in [4.69, 9.17) is 4.74 Å². The molecule has 0 amide bonds. The largest absolute Gasteiger partial charge is 1.00 e. The molecule has 134 valence electrons. The highest BCUT2D eigenvalue weighted by Crippen LogP contribution is 2.36. The van der Waals surface area contributed by atoms with Crippen molar-refractivity contribution in [2.45, 2.75) is 19.1 Å². The Morgan fingerprint density at radius 3 is 2.32 bits per heavy atom. The molecule has 3 rings (SSSR count). The van der Waals surface area contributed by atoms with Crippen LogP contribution in [0.1, 0.15) is 15.6 Å². The van der Waals surface area contributed by atoms with Gasteiger partial charge in [-0.1, -0.05) is 12.1 Å². The van der Waals surface area contributed by atoms with Gasteiger partial charge in [0.05, 0.1) is 16.8 Å². The van der Waals surface area contributed by atoms with Crippen LogP contribution in [0, 0.1) is 6.92 Å². The van der Waals surface area contributed by atoms with Gasteiger partial charge in [-0.3, -0.25) is 0 Å². The van der Waals surface area contributed by atoms with Crippen LogP contribution in [-0.2, 0) is 28.7 Å². The highest BCUT2D eigenvalue weighted by Gasteiger charge is 2.43. The van der Waals surface area contributed by atoms with Crippen molar-refractivity contribution in [1.29, 1.82) is 0 Å². The second kappa shape index (κ2) is 8.27. The van der Waals surface area contributed by atoms with Gasteiger partial charge >= 0.3 is 5.97 Å². The molecule has 3 aromatic heterocycles. The van der Waals surface area contributed by atoms with Gasteiger partial charge in [-0.25, -0.2) is 13.9 Å². The van der Waals surface area contributed by atoms with E-state index >= 15 is 0 Å². The zero-order valence-electron chi connectivity index (χ0n) is 13.9. The number of rotatable bonds is 6. The van der Waals surface area contributed by atoms with Gasteiger partial charge in [-0.15, -0.1) is 22.7 Å². The summed E-state index contributed by atoms with van der Waals surface area (Å²) in [6.07, 6.45) is 3.89. The lowest BCUT2D eigenvalue weighted by Crippen LogP contribution is -3.00. The molecule has 1 N–H and O–H groups in total. The van der Waals surface area contributed by atoms with Crippen LogP contribution in [0.5, 0.6) is 0 Å². The fourth-order valence-corrected chi connectivity index (χ4v) is 4.18. The van der Waals surface area contributed by atoms with Gasteiger partial charge < -0.3 is 26.8 Å². The summed E-state index contributed by atoms with van der Waals surface area (Å²) in [4.78, 5) is 13.8. The molecule has 0 spiro atoms. The number of aryl methyl sites for hydroxylation is 1. The van der Waals surface area contributed by atoms with E-state index in [0.29, 0.717) is 16.3 Å². The minimum atomic E-state index is -1.74. The Labute approximate surface area is 164 Å². The number of aromatic nitrogens is 2. The highest BCUT2D eigenvalue weighted by molar-refractivity contribution is 7.12. The summed E-state index contributed by atoms with van der Waals surface area (Å²) in [5.74, 6) is 0.430. The molecular formula is C17H19BrN2O3S2. The van der Waals surface area contributed by atoms with Gasteiger partial charge in [-0.05, 0) is 22.9 Å². The average molecular weight is 443 g/mol. The van der Waals surface area contributed by atoms with Crippen molar-refractivity contribution in [3.8, 4) is 0 Å². The van der Waals surface area contributed by atoms with E-state index < -0.39 is 11.6 Å². The number of carbonyl (C=O) groups excluding carboxylic acids is 1. The van der Waals surface area contributed by atoms with Crippen molar-refractivity contribution < 1.29 is 36.2 Å². The number of esters is 1. The van der Waals surface area contributed by atoms with E-state index in [0.717, 1.165) is 5.82 Å². The smallest absolute Gasteiger partial charge is 0.349 e. The molecule has 8 heteroatoms. The van der Waals surface area contributed by atoms with Crippen molar-refractivity contribution in [1.82, 2.24) is 4.57 Å². The first kappa shape index (κ1) is 19.8. The summed E-state index contributed by atoms with van der Waals surface area (Å²) in [6.45, 7) is 2.74. The Bertz CT molecular complexity index is 779. The monoisotopic (exact) mass is 442 g/mol. The van der Waals surface area contributed by atoms with Gasteiger partial charge in [0, 0.05) is 6.92 Å². The van der Waals surface area contributed by atoms with Crippen LogP contribution in [0.3, 0.4) is 0 Å². The normalized spacial score (nSPS) is 11.2. The predicted molar refractivity (Wildman–Crippen MR) is 92.9 cm³/mol. The first-order valence-electron chi connectivity index (χ1n) is 7.52. The summed E-state index contributed by atoms with van der Waals surface area (Å²) < 4.78 is 9.42. The first-order valence-corrected chi connectivity index (χ1v) is 9.28. The molecule has 0 saturated heterocycles. The Morgan fingerprint density at radius 2 is 1.88 bits per heavy atom. The van der Waals surface area contributed by atoms with Gasteiger partial charge in [-0.2, -0.15) is 0 Å². The van der Waals surface area contributed by atoms with Crippen LogP contribution in [-0.4, -0.2) is 22.2 Å². The number of aliphatic hydroxyl groups is 1. The summed E-state index contributed by atoms with van der Waals surface area (Å²) in [5.41, 5.74) is -1.74. The number of carbonyl (C=O) groups is 1. The lowest BCUT2D eigenvalue weighted by atomic mass is 10.0. The second-order valence-corrected chi connectivity index (χ2v) is 7.35. The third-order valence-corrected chi connectivity index (χ3v) is 5.97. The molecule has 0 aliphatic heterocycles. The molecule has 25 heavy (non-hydrogen) atoms. The summed E-state index contributed by atoms with van der Waals surface area (Å²) >= 11 is 2.68. The van der Waals surface area contributed by atoms with Gasteiger partial charge in [0.25, 0.3) is 5.82 Å².